The molecule has 0 aliphatic carbocycles. The Bertz CT molecular complexity index is 1200. The van der Waals surface area contributed by atoms with Crippen molar-refractivity contribution < 1.29 is 27.9 Å². The second kappa shape index (κ2) is 11.3. The van der Waals surface area contributed by atoms with Crippen LogP contribution in [0.25, 0.3) is 0 Å². The Morgan fingerprint density at radius 2 is 1.58 bits per heavy atom. The lowest BCUT2D eigenvalue weighted by Gasteiger charge is -2.19. The third kappa shape index (κ3) is 7.55. The lowest BCUT2D eigenvalue weighted by molar-refractivity contribution is -0.136. The lowest BCUT2D eigenvalue weighted by atomic mass is 10.1. The van der Waals surface area contributed by atoms with Gasteiger partial charge in [-0.1, -0.05) is 30.3 Å². The fraction of sp³-hybridized carbons (Fsp3) is 0.130. The molecule has 33 heavy (non-hydrogen) atoms. The number of carboxylic acids is 1. The van der Waals surface area contributed by atoms with Crippen molar-refractivity contribution in [1.29, 1.82) is 0 Å². The van der Waals surface area contributed by atoms with Crippen LogP contribution >= 0.6 is 22.6 Å². The minimum absolute atomic E-state index is 0.0263. The van der Waals surface area contributed by atoms with Gasteiger partial charge in [0, 0.05) is 9.26 Å². The first-order chi connectivity index (χ1) is 15.7. The highest BCUT2D eigenvalue weighted by molar-refractivity contribution is 14.1. The highest BCUT2D eigenvalue weighted by atomic mass is 127. The first kappa shape index (κ1) is 24.7. The molecule has 3 aromatic rings. The number of sulfonamides is 1. The summed E-state index contributed by atoms with van der Waals surface area (Å²) in [5.41, 5.74) is 0.969. The van der Waals surface area contributed by atoms with Crippen LogP contribution in [-0.4, -0.2) is 38.0 Å². The van der Waals surface area contributed by atoms with Crippen molar-refractivity contribution in [3.8, 4) is 5.75 Å². The third-order valence-corrected chi connectivity index (χ3v) is 6.68. The van der Waals surface area contributed by atoms with E-state index < -0.39 is 27.9 Å². The van der Waals surface area contributed by atoms with Crippen LogP contribution in [0.5, 0.6) is 5.75 Å². The number of hydrogen-bond donors (Lipinski definition) is 3. The van der Waals surface area contributed by atoms with Gasteiger partial charge >= 0.3 is 5.97 Å². The van der Waals surface area contributed by atoms with Crippen LogP contribution in [0.15, 0.2) is 83.8 Å². The van der Waals surface area contributed by atoms with Crippen LogP contribution in [0.2, 0.25) is 0 Å². The highest BCUT2D eigenvalue weighted by Crippen LogP contribution is 2.15. The van der Waals surface area contributed by atoms with Gasteiger partial charge in [-0.3, -0.25) is 9.59 Å². The molecular formula is C23H21IN2O6S. The molecular weight excluding hydrogens is 559 g/mol. The average Bonchev–Trinajstić information content (AvgIpc) is 2.78. The Morgan fingerprint density at radius 1 is 0.939 bits per heavy atom. The van der Waals surface area contributed by atoms with Gasteiger partial charge < -0.3 is 15.2 Å². The fourth-order valence-corrected chi connectivity index (χ4v) is 4.38. The average molecular weight is 580 g/mol. The van der Waals surface area contributed by atoms with Crippen molar-refractivity contribution >= 4 is 50.2 Å². The van der Waals surface area contributed by atoms with Crippen molar-refractivity contribution in [3.63, 3.8) is 0 Å². The molecule has 0 radical (unpaired) electrons. The molecule has 0 saturated heterocycles. The van der Waals surface area contributed by atoms with Gasteiger partial charge in [0.2, 0.25) is 15.9 Å². The number of carbonyl (C=O) groups is 2. The number of anilines is 1. The maximum atomic E-state index is 12.9. The normalized spacial score (nSPS) is 12.0. The van der Waals surface area contributed by atoms with Crippen LogP contribution in [0.4, 0.5) is 5.69 Å². The van der Waals surface area contributed by atoms with Gasteiger partial charge in [-0.2, -0.15) is 4.72 Å². The summed E-state index contributed by atoms with van der Waals surface area (Å²) in [5, 5.41) is 11.5. The number of rotatable bonds is 10. The third-order valence-electron chi connectivity index (χ3n) is 4.47. The molecule has 0 spiro atoms. The van der Waals surface area contributed by atoms with Crippen molar-refractivity contribution in [2.45, 2.75) is 17.4 Å². The zero-order valence-electron chi connectivity index (χ0n) is 17.3. The molecule has 3 N–H and O–H groups in total. The molecule has 3 rings (SSSR count). The summed E-state index contributed by atoms with van der Waals surface area (Å²) >= 11 is 2.07. The van der Waals surface area contributed by atoms with Crippen LogP contribution in [-0.2, 0) is 26.0 Å². The second-order valence-electron chi connectivity index (χ2n) is 7.01. The van der Waals surface area contributed by atoms with E-state index in [-0.39, 0.29) is 17.9 Å². The Morgan fingerprint density at radius 3 is 2.18 bits per heavy atom. The zero-order chi connectivity index (χ0) is 23.8. The first-order valence-corrected chi connectivity index (χ1v) is 12.4. The SMILES string of the molecule is O=C(O)Cc1ccc(NC(=O)[C@H](COc2ccccc2)NS(=O)(=O)c2ccc(I)cc2)cc1. The molecule has 1 atom stereocenters. The molecule has 3 aromatic carbocycles. The minimum Gasteiger partial charge on any atom is -0.491 e. The minimum atomic E-state index is -4.00. The molecule has 8 nitrogen and oxygen atoms in total. The Kier molecular flexibility index (Phi) is 8.42. The van der Waals surface area contributed by atoms with E-state index >= 15 is 0 Å². The Labute approximate surface area is 205 Å². The predicted molar refractivity (Wildman–Crippen MR) is 132 cm³/mol. The van der Waals surface area contributed by atoms with Crippen LogP contribution in [0.1, 0.15) is 5.56 Å². The number of carboxylic acid groups (broad SMARTS) is 1. The van der Waals surface area contributed by atoms with Gasteiger partial charge in [-0.05, 0) is 76.7 Å². The van der Waals surface area contributed by atoms with Crippen LogP contribution in [0.3, 0.4) is 0 Å². The second-order valence-corrected chi connectivity index (χ2v) is 9.97. The molecule has 0 aromatic heterocycles. The van der Waals surface area contributed by atoms with E-state index in [4.69, 9.17) is 9.84 Å². The topological polar surface area (TPSA) is 122 Å². The molecule has 0 saturated carbocycles. The molecule has 0 aliphatic rings. The summed E-state index contributed by atoms with van der Waals surface area (Å²) in [6, 6.07) is 20.0. The van der Waals surface area contributed by atoms with Gasteiger partial charge in [-0.15, -0.1) is 0 Å². The maximum absolute atomic E-state index is 12.9. The van der Waals surface area contributed by atoms with Crippen LogP contribution < -0.4 is 14.8 Å². The number of hydrogen-bond acceptors (Lipinski definition) is 5. The standard InChI is InChI=1S/C23H21IN2O6S/c24-17-8-12-20(13-9-17)33(30,31)26-21(15-32-19-4-2-1-3-5-19)23(29)25-18-10-6-16(7-11-18)14-22(27)28/h1-13,21,26H,14-15H2,(H,25,29)(H,27,28)/t21-/m0/s1. The summed E-state index contributed by atoms with van der Waals surface area (Å²) in [5.74, 6) is -1.09. The van der Waals surface area contributed by atoms with Gasteiger partial charge in [0.1, 0.15) is 18.4 Å². The van der Waals surface area contributed by atoms with Crippen molar-refractivity contribution in [1.82, 2.24) is 4.72 Å². The van der Waals surface area contributed by atoms with E-state index in [1.807, 2.05) is 6.07 Å². The Hall–Kier alpha value is -2.96. The summed E-state index contributed by atoms with van der Waals surface area (Å²) < 4.78 is 34.7. The molecule has 0 aliphatic heterocycles. The zero-order valence-corrected chi connectivity index (χ0v) is 20.2. The number of benzene rings is 3. The lowest BCUT2D eigenvalue weighted by Crippen LogP contribution is -2.47. The molecule has 0 fully saturated rings. The van der Waals surface area contributed by atoms with Crippen LogP contribution in [0, 0.1) is 3.57 Å². The number of para-hydroxylation sites is 1. The van der Waals surface area contributed by atoms with Gasteiger partial charge in [-0.25, -0.2) is 8.42 Å². The number of aliphatic carboxylic acids is 1. The van der Waals surface area contributed by atoms with E-state index in [9.17, 15) is 18.0 Å². The highest BCUT2D eigenvalue weighted by Gasteiger charge is 2.27. The van der Waals surface area contributed by atoms with Gasteiger partial charge in [0.25, 0.3) is 0 Å². The molecule has 1 amide bonds. The fourth-order valence-electron chi connectivity index (χ4n) is 2.84. The molecule has 0 bridgehead atoms. The summed E-state index contributed by atoms with van der Waals surface area (Å²) in [4.78, 5) is 23.8. The molecule has 0 unspecified atom stereocenters. The first-order valence-electron chi connectivity index (χ1n) is 9.80. The predicted octanol–water partition coefficient (Wildman–Crippen LogP) is 3.28. The van der Waals surface area contributed by atoms with E-state index in [0.29, 0.717) is 17.0 Å². The van der Waals surface area contributed by atoms with Crippen molar-refractivity contribution in [3.05, 3.63) is 88.0 Å². The number of halogens is 1. The molecule has 0 heterocycles. The van der Waals surface area contributed by atoms with Crippen molar-refractivity contribution in [2.24, 2.45) is 0 Å². The molecule has 10 heteroatoms. The van der Waals surface area contributed by atoms with Gasteiger partial charge in [0.05, 0.1) is 11.3 Å². The quantitative estimate of drug-likeness (QED) is 0.317. The summed E-state index contributed by atoms with van der Waals surface area (Å²) in [6.07, 6.45) is -0.141. The monoisotopic (exact) mass is 580 g/mol. The number of carbonyl (C=O) groups excluding carboxylic acids is 1. The number of ether oxygens (including phenoxy) is 1. The maximum Gasteiger partial charge on any atom is 0.307 e. The smallest absolute Gasteiger partial charge is 0.307 e. The summed E-state index contributed by atoms with van der Waals surface area (Å²) in [7, 11) is -4.00. The largest absolute Gasteiger partial charge is 0.491 e. The Balaban J connectivity index is 1.77. The van der Waals surface area contributed by atoms with Crippen molar-refractivity contribution in [2.75, 3.05) is 11.9 Å². The number of nitrogens with one attached hydrogen (secondary N) is 2. The van der Waals surface area contributed by atoms with E-state index in [0.717, 1.165) is 3.57 Å². The van der Waals surface area contributed by atoms with E-state index in [1.54, 1.807) is 60.7 Å². The summed E-state index contributed by atoms with van der Waals surface area (Å²) in [6.45, 7) is -0.240. The van der Waals surface area contributed by atoms with E-state index in [2.05, 4.69) is 32.6 Å². The van der Waals surface area contributed by atoms with Gasteiger partial charge in [0.15, 0.2) is 0 Å². The van der Waals surface area contributed by atoms with E-state index in [1.165, 1.54) is 12.1 Å². The number of amides is 1. The molecule has 172 valence electrons.